The van der Waals surface area contributed by atoms with Gasteiger partial charge in [-0.25, -0.2) is 4.98 Å². The molecule has 2 amide bonds. The summed E-state index contributed by atoms with van der Waals surface area (Å²) < 4.78 is 0. The van der Waals surface area contributed by atoms with Gasteiger partial charge in [0.25, 0.3) is 5.91 Å². The van der Waals surface area contributed by atoms with Gasteiger partial charge in [0.05, 0.1) is 0 Å². The van der Waals surface area contributed by atoms with Crippen molar-refractivity contribution in [2.75, 3.05) is 0 Å². The van der Waals surface area contributed by atoms with Crippen molar-refractivity contribution in [1.82, 2.24) is 10.3 Å². The number of amides is 2. The number of carbonyl (C=O) groups is 2. The maximum atomic E-state index is 11.9. The second kappa shape index (κ2) is 6.83. The summed E-state index contributed by atoms with van der Waals surface area (Å²) >= 11 is 1.31. The maximum absolute atomic E-state index is 11.9. The van der Waals surface area contributed by atoms with Crippen LogP contribution in [0.3, 0.4) is 0 Å². The van der Waals surface area contributed by atoms with Gasteiger partial charge in [0, 0.05) is 11.9 Å². The number of thiazole rings is 1. The third kappa shape index (κ3) is 4.77. The predicted molar refractivity (Wildman–Crippen MR) is 77.2 cm³/mol. The van der Waals surface area contributed by atoms with Gasteiger partial charge in [-0.2, -0.15) is 0 Å². The van der Waals surface area contributed by atoms with Crippen LogP contribution >= 0.6 is 23.7 Å². The summed E-state index contributed by atoms with van der Waals surface area (Å²) in [6.45, 7) is 5.77. The Morgan fingerprint density at radius 3 is 2.42 bits per heavy atom. The first kappa shape index (κ1) is 17.8. The largest absolute Gasteiger partial charge is 0.368 e. The zero-order valence-corrected chi connectivity index (χ0v) is 12.7. The molecule has 0 spiro atoms. The zero-order valence-electron chi connectivity index (χ0n) is 11.1. The van der Waals surface area contributed by atoms with E-state index in [0.717, 1.165) is 0 Å². The number of rotatable bonds is 4. The van der Waals surface area contributed by atoms with Gasteiger partial charge in [-0.15, -0.1) is 23.7 Å². The molecule has 1 aromatic rings. The molecule has 1 rings (SSSR count). The smallest absolute Gasteiger partial charge is 0.271 e. The first-order valence-corrected chi connectivity index (χ1v) is 6.38. The minimum absolute atomic E-state index is 0. The van der Waals surface area contributed by atoms with Gasteiger partial charge in [0.1, 0.15) is 16.7 Å². The van der Waals surface area contributed by atoms with Gasteiger partial charge in [-0.3, -0.25) is 9.59 Å². The maximum Gasteiger partial charge on any atom is 0.271 e. The summed E-state index contributed by atoms with van der Waals surface area (Å²) in [7, 11) is 0. The van der Waals surface area contributed by atoms with E-state index in [-0.39, 0.29) is 24.6 Å². The molecule has 6 nitrogen and oxygen atoms in total. The van der Waals surface area contributed by atoms with Crippen LogP contribution in [0.1, 0.15) is 36.3 Å². The van der Waals surface area contributed by atoms with E-state index in [0.29, 0.717) is 5.01 Å². The molecule has 1 aromatic heterocycles. The van der Waals surface area contributed by atoms with Crippen molar-refractivity contribution in [2.24, 2.45) is 16.9 Å². The molecule has 0 aliphatic heterocycles. The van der Waals surface area contributed by atoms with Crippen LogP contribution in [0, 0.1) is 5.41 Å². The summed E-state index contributed by atoms with van der Waals surface area (Å²) in [5.41, 5.74) is 10.5. The molecule has 1 heterocycles. The van der Waals surface area contributed by atoms with Crippen LogP contribution in [-0.4, -0.2) is 22.8 Å². The van der Waals surface area contributed by atoms with Crippen molar-refractivity contribution < 1.29 is 9.59 Å². The molecule has 1 atom stereocenters. The van der Waals surface area contributed by atoms with Gasteiger partial charge in [0.2, 0.25) is 5.91 Å². The average Bonchev–Trinajstić information content (AvgIpc) is 2.71. The van der Waals surface area contributed by atoms with Crippen LogP contribution in [-0.2, 0) is 11.3 Å². The molecule has 0 saturated carbocycles. The lowest BCUT2D eigenvalue weighted by Crippen LogP contribution is -2.52. The Morgan fingerprint density at radius 1 is 1.47 bits per heavy atom. The fourth-order valence-corrected chi connectivity index (χ4v) is 2.08. The molecule has 0 fully saturated rings. The lowest BCUT2D eigenvalue weighted by atomic mass is 9.86. The third-order valence-electron chi connectivity index (χ3n) is 2.38. The average molecular weight is 307 g/mol. The topological polar surface area (TPSA) is 111 Å². The van der Waals surface area contributed by atoms with Crippen LogP contribution in [0.25, 0.3) is 0 Å². The van der Waals surface area contributed by atoms with E-state index in [1.54, 1.807) is 5.38 Å². The first-order valence-electron chi connectivity index (χ1n) is 5.50. The number of halogens is 1. The Bertz CT molecular complexity index is 456. The van der Waals surface area contributed by atoms with Gasteiger partial charge in [0.15, 0.2) is 0 Å². The molecule has 108 valence electrons. The molecule has 0 radical (unpaired) electrons. The van der Waals surface area contributed by atoms with E-state index >= 15 is 0 Å². The summed E-state index contributed by atoms with van der Waals surface area (Å²) in [5.74, 6) is -0.977. The molecule has 8 heteroatoms. The number of nitrogens with one attached hydrogen (secondary N) is 1. The highest BCUT2D eigenvalue weighted by Gasteiger charge is 2.31. The second-order valence-corrected chi connectivity index (χ2v) is 5.95. The molecule has 0 aromatic carbocycles. The van der Waals surface area contributed by atoms with Gasteiger partial charge >= 0.3 is 0 Å². The van der Waals surface area contributed by atoms with Crippen molar-refractivity contribution in [3.8, 4) is 0 Å². The van der Waals surface area contributed by atoms with Crippen LogP contribution in [0.2, 0.25) is 0 Å². The number of nitrogens with two attached hydrogens (primary N) is 2. The summed E-state index contributed by atoms with van der Waals surface area (Å²) in [4.78, 5) is 27.3. The Kier molecular flexibility index (Phi) is 6.41. The number of hydrogen-bond acceptors (Lipinski definition) is 5. The van der Waals surface area contributed by atoms with Crippen LogP contribution in [0.4, 0.5) is 0 Å². The molecule has 0 aliphatic carbocycles. The highest BCUT2D eigenvalue weighted by Crippen LogP contribution is 2.19. The molecule has 0 bridgehead atoms. The van der Waals surface area contributed by atoms with Crippen molar-refractivity contribution in [3.63, 3.8) is 0 Å². The number of aromatic nitrogens is 1. The quantitative estimate of drug-likeness (QED) is 0.758. The molecule has 0 saturated heterocycles. The lowest BCUT2D eigenvalue weighted by Gasteiger charge is -2.28. The zero-order chi connectivity index (χ0) is 13.9. The van der Waals surface area contributed by atoms with Gasteiger partial charge in [-0.1, -0.05) is 20.8 Å². The number of nitrogens with zero attached hydrogens (tertiary/aromatic N) is 1. The highest BCUT2D eigenvalue weighted by atomic mass is 35.5. The molecule has 0 aliphatic rings. The second-order valence-electron chi connectivity index (χ2n) is 5.01. The monoisotopic (exact) mass is 306 g/mol. The van der Waals surface area contributed by atoms with Crippen molar-refractivity contribution in [1.29, 1.82) is 0 Å². The minimum Gasteiger partial charge on any atom is -0.368 e. The van der Waals surface area contributed by atoms with E-state index in [1.807, 2.05) is 20.8 Å². The Hall–Kier alpha value is -1.18. The van der Waals surface area contributed by atoms with Crippen LogP contribution < -0.4 is 16.8 Å². The predicted octanol–water partition coefficient (Wildman–Crippen LogP) is 0.653. The number of primary amides is 1. The summed E-state index contributed by atoms with van der Waals surface area (Å²) in [6.07, 6.45) is 0. The van der Waals surface area contributed by atoms with Crippen molar-refractivity contribution in [2.45, 2.75) is 33.4 Å². The fraction of sp³-hybridized carbons (Fsp3) is 0.545. The van der Waals surface area contributed by atoms with E-state index in [2.05, 4.69) is 10.3 Å². The Labute approximate surface area is 122 Å². The Balaban J connectivity index is 0.00000324. The van der Waals surface area contributed by atoms with E-state index < -0.39 is 23.3 Å². The number of carbonyl (C=O) groups excluding carboxylic acids is 2. The van der Waals surface area contributed by atoms with E-state index in [4.69, 9.17) is 11.5 Å². The normalized spacial score (nSPS) is 12.4. The lowest BCUT2D eigenvalue weighted by molar-refractivity contribution is -0.122. The Morgan fingerprint density at radius 2 is 2.05 bits per heavy atom. The minimum atomic E-state index is -0.743. The highest BCUT2D eigenvalue weighted by molar-refractivity contribution is 7.09. The summed E-state index contributed by atoms with van der Waals surface area (Å²) in [6, 6.07) is -0.743. The SMILES string of the molecule is CC(C)(C)C(NC(=O)c1csc(CN)n1)C(N)=O.Cl. The summed E-state index contributed by atoms with van der Waals surface area (Å²) in [5, 5.41) is 4.88. The molecule has 1 unspecified atom stereocenters. The first-order chi connectivity index (χ1) is 8.25. The van der Waals surface area contributed by atoms with Crippen LogP contribution in [0.5, 0.6) is 0 Å². The molecule has 19 heavy (non-hydrogen) atoms. The number of hydrogen-bond donors (Lipinski definition) is 3. The van der Waals surface area contributed by atoms with Crippen molar-refractivity contribution in [3.05, 3.63) is 16.1 Å². The van der Waals surface area contributed by atoms with E-state index in [1.165, 1.54) is 11.3 Å². The third-order valence-corrected chi connectivity index (χ3v) is 3.26. The fourth-order valence-electron chi connectivity index (χ4n) is 1.43. The van der Waals surface area contributed by atoms with Gasteiger partial charge < -0.3 is 16.8 Å². The van der Waals surface area contributed by atoms with Gasteiger partial charge in [-0.05, 0) is 5.41 Å². The van der Waals surface area contributed by atoms with Crippen LogP contribution in [0.15, 0.2) is 5.38 Å². The molecular formula is C11H19ClN4O2S. The standard InChI is InChI=1S/C11H18N4O2S.ClH/c1-11(2,3)8(9(13)16)15-10(17)6-5-18-7(4-12)14-6;/h5,8H,4,12H2,1-3H3,(H2,13,16)(H,15,17);1H. The molecule has 5 N–H and O–H groups in total. The van der Waals surface area contributed by atoms with E-state index in [9.17, 15) is 9.59 Å². The van der Waals surface area contributed by atoms with Crippen molar-refractivity contribution >= 4 is 35.6 Å². The molecular weight excluding hydrogens is 288 g/mol.